The molecule has 0 bridgehead atoms. The molecule has 1 unspecified atom stereocenters. The van der Waals surface area contributed by atoms with Crippen LogP contribution in [0.2, 0.25) is 0 Å². The topological polar surface area (TPSA) is 78.9 Å². The van der Waals surface area contributed by atoms with E-state index in [1.807, 2.05) is 0 Å². The number of unbranched alkanes of at least 4 members (excludes halogenated alkanes) is 24. The third-order valence-electron chi connectivity index (χ3n) is 11.2. The van der Waals surface area contributed by atoms with Crippen molar-refractivity contribution in [1.29, 1.82) is 0 Å². The highest BCUT2D eigenvalue weighted by molar-refractivity contribution is 5.71. The highest BCUT2D eigenvalue weighted by Crippen LogP contribution is 2.15. The molecule has 63 heavy (non-hydrogen) atoms. The lowest BCUT2D eigenvalue weighted by molar-refractivity contribution is -0.167. The molecule has 0 aliphatic carbocycles. The zero-order chi connectivity index (χ0) is 45.8. The Morgan fingerprint density at radius 2 is 0.619 bits per heavy atom. The molecule has 0 aliphatic heterocycles. The van der Waals surface area contributed by atoms with Crippen LogP contribution in [0, 0.1) is 0 Å². The van der Waals surface area contributed by atoms with Gasteiger partial charge in [0.2, 0.25) is 0 Å². The lowest BCUT2D eigenvalue weighted by Crippen LogP contribution is -2.30. The van der Waals surface area contributed by atoms with Gasteiger partial charge in [-0.15, -0.1) is 0 Å². The van der Waals surface area contributed by atoms with Crippen LogP contribution in [0.25, 0.3) is 0 Å². The summed E-state index contributed by atoms with van der Waals surface area (Å²) in [5.74, 6) is -0.894. The number of allylic oxidation sites excluding steroid dienone is 12. The Morgan fingerprint density at radius 1 is 0.333 bits per heavy atom. The van der Waals surface area contributed by atoms with Crippen molar-refractivity contribution < 1.29 is 28.6 Å². The van der Waals surface area contributed by atoms with Crippen LogP contribution in [0.5, 0.6) is 0 Å². The molecule has 1 atom stereocenters. The molecule has 0 N–H and O–H groups in total. The van der Waals surface area contributed by atoms with Crippen LogP contribution < -0.4 is 0 Å². The Hall–Kier alpha value is -3.15. The van der Waals surface area contributed by atoms with E-state index in [9.17, 15) is 14.4 Å². The summed E-state index contributed by atoms with van der Waals surface area (Å²) in [5.41, 5.74) is 0. The van der Waals surface area contributed by atoms with Crippen LogP contribution in [0.3, 0.4) is 0 Å². The fraction of sp³-hybridized carbons (Fsp3) is 0.737. The van der Waals surface area contributed by atoms with Crippen molar-refractivity contribution in [3.8, 4) is 0 Å². The van der Waals surface area contributed by atoms with E-state index in [1.165, 1.54) is 109 Å². The number of hydrogen-bond donors (Lipinski definition) is 0. The average Bonchev–Trinajstić information content (AvgIpc) is 3.28. The first-order chi connectivity index (χ1) is 31.0. The van der Waals surface area contributed by atoms with Crippen molar-refractivity contribution in [1.82, 2.24) is 0 Å². The largest absolute Gasteiger partial charge is 0.462 e. The van der Waals surface area contributed by atoms with Gasteiger partial charge >= 0.3 is 17.9 Å². The van der Waals surface area contributed by atoms with Gasteiger partial charge in [-0.25, -0.2) is 0 Å². The van der Waals surface area contributed by atoms with E-state index in [0.29, 0.717) is 19.3 Å². The molecule has 6 nitrogen and oxygen atoms in total. The van der Waals surface area contributed by atoms with Crippen molar-refractivity contribution in [3.05, 3.63) is 72.9 Å². The molecular formula is C57H98O6. The molecule has 0 saturated heterocycles. The van der Waals surface area contributed by atoms with Gasteiger partial charge in [0.05, 0.1) is 0 Å². The highest BCUT2D eigenvalue weighted by atomic mass is 16.6. The number of rotatable bonds is 47. The van der Waals surface area contributed by atoms with Crippen LogP contribution >= 0.6 is 0 Å². The van der Waals surface area contributed by atoms with Crippen molar-refractivity contribution in [2.45, 2.75) is 258 Å². The first-order valence-electron chi connectivity index (χ1n) is 26.4. The monoisotopic (exact) mass is 879 g/mol. The summed E-state index contributed by atoms with van der Waals surface area (Å²) in [4.78, 5) is 37.8. The predicted octanol–water partition coefficient (Wildman–Crippen LogP) is 17.4. The van der Waals surface area contributed by atoms with E-state index in [4.69, 9.17) is 14.2 Å². The molecule has 0 radical (unpaired) electrons. The number of ether oxygens (including phenoxy) is 3. The normalized spacial score (nSPS) is 12.6. The molecule has 0 rings (SSSR count). The SMILES string of the molecule is CC/C=C\C/C=C\C/C=C\C/C=C\C/C=C\C/C=C\CCCCCCCCC(=O)OCC(COC(=O)CCCCCCCCCC)OC(=O)CCCCCCCCCCCCCC. The number of esters is 3. The van der Waals surface area contributed by atoms with Crippen molar-refractivity contribution in [3.63, 3.8) is 0 Å². The summed E-state index contributed by atoms with van der Waals surface area (Å²) in [6, 6.07) is 0. The number of hydrogen-bond acceptors (Lipinski definition) is 6. The van der Waals surface area contributed by atoms with E-state index in [2.05, 4.69) is 93.7 Å². The molecule has 6 heteroatoms. The molecular weight excluding hydrogens is 781 g/mol. The molecule has 0 fully saturated rings. The standard InChI is InChI=1S/C57H98O6/c1-4-7-10-13-16-19-21-23-24-25-26-27-28-29-30-31-32-33-34-35-37-38-41-44-47-50-56(59)62-53-54(52-61-55(58)49-46-43-40-18-15-12-9-6-3)63-57(60)51-48-45-42-39-36-22-20-17-14-11-8-5-2/h7,10,16,19,23-24,26-27,29-30,32-33,54H,4-6,8-9,11-15,17-18,20-22,25,28,31,34-53H2,1-3H3/b10-7-,19-16-,24-23-,27-26-,30-29-,33-32-. The molecule has 0 saturated carbocycles. The van der Waals surface area contributed by atoms with Crippen LogP contribution in [-0.4, -0.2) is 37.2 Å². The average molecular weight is 879 g/mol. The minimum absolute atomic E-state index is 0.0775. The Labute approximate surface area is 389 Å². The van der Waals surface area contributed by atoms with Gasteiger partial charge in [0.1, 0.15) is 13.2 Å². The smallest absolute Gasteiger partial charge is 0.306 e. The molecule has 0 aromatic heterocycles. The zero-order valence-electron chi connectivity index (χ0n) is 41.3. The summed E-state index contributed by atoms with van der Waals surface area (Å²) < 4.78 is 16.7. The molecule has 0 spiro atoms. The summed E-state index contributed by atoms with van der Waals surface area (Å²) in [7, 11) is 0. The summed E-state index contributed by atoms with van der Waals surface area (Å²) in [6.45, 7) is 6.48. The van der Waals surface area contributed by atoms with Gasteiger partial charge in [-0.05, 0) is 70.6 Å². The minimum atomic E-state index is -0.776. The zero-order valence-corrected chi connectivity index (χ0v) is 41.3. The van der Waals surface area contributed by atoms with E-state index >= 15 is 0 Å². The Balaban J connectivity index is 4.24. The summed E-state index contributed by atoms with van der Waals surface area (Å²) >= 11 is 0. The summed E-state index contributed by atoms with van der Waals surface area (Å²) in [6.07, 6.45) is 64.7. The maximum atomic E-state index is 12.7. The molecule has 0 aromatic rings. The van der Waals surface area contributed by atoms with Crippen molar-refractivity contribution >= 4 is 17.9 Å². The number of carbonyl (C=O) groups excluding carboxylic acids is 3. The lowest BCUT2D eigenvalue weighted by Gasteiger charge is -2.18. The van der Waals surface area contributed by atoms with Crippen LogP contribution in [-0.2, 0) is 28.6 Å². The van der Waals surface area contributed by atoms with Gasteiger partial charge in [0.25, 0.3) is 0 Å². The van der Waals surface area contributed by atoms with Crippen LogP contribution in [0.15, 0.2) is 72.9 Å². The summed E-state index contributed by atoms with van der Waals surface area (Å²) in [5, 5.41) is 0. The van der Waals surface area contributed by atoms with Crippen molar-refractivity contribution in [2.75, 3.05) is 13.2 Å². The van der Waals surface area contributed by atoms with E-state index in [1.54, 1.807) is 0 Å². The Bertz CT molecular complexity index is 1190. The molecule has 0 aromatic carbocycles. The highest BCUT2D eigenvalue weighted by Gasteiger charge is 2.19. The lowest BCUT2D eigenvalue weighted by atomic mass is 10.0. The van der Waals surface area contributed by atoms with E-state index in [-0.39, 0.29) is 31.1 Å². The van der Waals surface area contributed by atoms with Gasteiger partial charge in [-0.1, -0.05) is 235 Å². The number of carbonyl (C=O) groups is 3. The molecule has 0 amide bonds. The minimum Gasteiger partial charge on any atom is -0.462 e. The van der Waals surface area contributed by atoms with E-state index in [0.717, 1.165) is 103 Å². The molecule has 0 heterocycles. The maximum absolute atomic E-state index is 12.7. The second-order valence-electron chi connectivity index (χ2n) is 17.4. The second-order valence-corrected chi connectivity index (χ2v) is 17.4. The van der Waals surface area contributed by atoms with Gasteiger partial charge < -0.3 is 14.2 Å². The first kappa shape index (κ1) is 59.9. The quantitative estimate of drug-likeness (QED) is 0.0262. The maximum Gasteiger partial charge on any atom is 0.306 e. The molecule has 362 valence electrons. The van der Waals surface area contributed by atoms with E-state index < -0.39 is 6.10 Å². The first-order valence-corrected chi connectivity index (χ1v) is 26.4. The predicted molar refractivity (Wildman–Crippen MR) is 270 cm³/mol. The second kappa shape index (κ2) is 51.5. The Morgan fingerprint density at radius 3 is 0.968 bits per heavy atom. The third kappa shape index (κ3) is 49.7. The van der Waals surface area contributed by atoms with Gasteiger partial charge in [-0.3, -0.25) is 14.4 Å². The molecule has 0 aliphatic rings. The fourth-order valence-electron chi connectivity index (χ4n) is 7.27. The van der Waals surface area contributed by atoms with Gasteiger partial charge in [0, 0.05) is 19.3 Å². The van der Waals surface area contributed by atoms with Gasteiger partial charge in [0.15, 0.2) is 6.10 Å². The fourth-order valence-corrected chi connectivity index (χ4v) is 7.27. The van der Waals surface area contributed by atoms with Crippen molar-refractivity contribution in [2.24, 2.45) is 0 Å². The van der Waals surface area contributed by atoms with Crippen LogP contribution in [0.1, 0.15) is 252 Å². The van der Waals surface area contributed by atoms with Gasteiger partial charge in [-0.2, -0.15) is 0 Å². The Kier molecular flexibility index (Phi) is 48.9. The van der Waals surface area contributed by atoms with Crippen LogP contribution in [0.4, 0.5) is 0 Å². The third-order valence-corrected chi connectivity index (χ3v) is 11.2.